The SMILES string of the molecule is CC[NH+]1CCN(C(=O)c2cc(S(N)(=O)=O)ccc2OC)CC1. The number of amides is 1. The van der Waals surface area contributed by atoms with E-state index < -0.39 is 10.0 Å². The minimum atomic E-state index is -3.86. The predicted molar refractivity (Wildman–Crippen MR) is 81.5 cm³/mol. The maximum absolute atomic E-state index is 12.7. The van der Waals surface area contributed by atoms with Crippen LogP contribution in [0, 0.1) is 0 Å². The van der Waals surface area contributed by atoms with E-state index in [2.05, 4.69) is 6.92 Å². The zero-order chi connectivity index (χ0) is 16.3. The number of hydrogen-bond acceptors (Lipinski definition) is 4. The van der Waals surface area contributed by atoms with Crippen molar-refractivity contribution in [1.29, 1.82) is 0 Å². The van der Waals surface area contributed by atoms with Crippen molar-refractivity contribution in [2.75, 3.05) is 39.8 Å². The third kappa shape index (κ3) is 3.57. The van der Waals surface area contributed by atoms with Gasteiger partial charge in [-0.25, -0.2) is 13.6 Å². The number of sulfonamides is 1. The number of piperazine rings is 1. The molecule has 7 nitrogen and oxygen atoms in total. The van der Waals surface area contributed by atoms with Crippen LogP contribution in [0.1, 0.15) is 17.3 Å². The highest BCUT2D eigenvalue weighted by atomic mass is 32.2. The van der Waals surface area contributed by atoms with Gasteiger partial charge in [0.2, 0.25) is 10.0 Å². The lowest BCUT2D eigenvalue weighted by molar-refractivity contribution is -0.902. The Bertz CT molecular complexity index is 652. The Morgan fingerprint density at radius 1 is 1.36 bits per heavy atom. The van der Waals surface area contributed by atoms with Crippen molar-refractivity contribution in [2.45, 2.75) is 11.8 Å². The zero-order valence-corrected chi connectivity index (χ0v) is 13.6. The van der Waals surface area contributed by atoms with Crippen LogP contribution in [0.2, 0.25) is 0 Å². The maximum Gasteiger partial charge on any atom is 0.258 e. The maximum atomic E-state index is 12.7. The number of methoxy groups -OCH3 is 1. The molecule has 1 heterocycles. The summed E-state index contributed by atoms with van der Waals surface area (Å²) in [5, 5.41) is 5.14. The van der Waals surface area contributed by atoms with E-state index >= 15 is 0 Å². The van der Waals surface area contributed by atoms with Crippen molar-refractivity contribution < 1.29 is 22.8 Å². The fourth-order valence-corrected chi connectivity index (χ4v) is 3.12. The fraction of sp³-hybridized carbons (Fsp3) is 0.500. The van der Waals surface area contributed by atoms with Crippen LogP contribution in [-0.4, -0.2) is 59.1 Å². The summed E-state index contributed by atoms with van der Waals surface area (Å²) < 4.78 is 28.1. The minimum absolute atomic E-state index is 0.0885. The van der Waals surface area contributed by atoms with Crippen LogP contribution in [0.25, 0.3) is 0 Å². The topological polar surface area (TPSA) is 94.1 Å². The number of primary sulfonamides is 1. The highest BCUT2D eigenvalue weighted by molar-refractivity contribution is 7.89. The van der Waals surface area contributed by atoms with Crippen LogP contribution < -0.4 is 14.8 Å². The summed E-state index contributed by atoms with van der Waals surface area (Å²) >= 11 is 0. The molecule has 1 aliphatic rings. The van der Waals surface area contributed by atoms with Gasteiger partial charge in [0.05, 0.1) is 50.3 Å². The average molecular weight is 328 g/mol. The van der Waals surface area contributed by atoms with Gasteiger partial charge in [-0.05, 0) is 25.1 Å². The van der Waals surface area contributed by atoms with E-state index in [0.29, 0.717) is 18.8 Å². The first kappa shape index (κ1) is 16.7. The summed E-state index contributed by atoms with van der Waals surface area (Å²) in [4.78, 5) is 15.7. The molecule has 0 spiro atoms. The van der Waals surface area contributed by atoms with Gasteiger partial charge in [0.15, 0.2) is 0 Å². The molecule has 0 aromatic heterocycles. The van der Waals surface area contributed by atoms with Gasteiger partial charge in [0.1, 0.15) is 5.75 Å². The largest absolute Gasteiger partial charge is 0.496 e. The second kappa shape index (κ2) is 6.64. The molecule has 0 bridgehead atoms. The van der Waals surface area contributed by atoms with Crippen molar-refractivity contribution in [2.24, 2.45) is 5.14 Å². The van der Waals surface area contributed by atoms with Crippen molar-refractivity contribution in [3.8, 4) is 5.75 Å². The number of rotatable bonds is 4. The van der Waals surface area contributed by atoms with Crippen molar-refractivity contribution in [1.82, 2.24) is 4.90 Å². The van der Waals surface area contributed by atoms with Gasteiger partial charge in [0.25, 0.3) is 5.91 Å². The number of benzene rings is 1. The van der Waals surface area contributed by atoms with E-state index in [1.165, 1.54) is 30.2 Å². The molecule has 122 valence electrons. The molecular weight excluding hydrogens is 306 g/mol. The zero-order valence-electron chi connectivity index (χ0n) is 12.8. The van der Waals surface area contributed by atoms with E-state index in [1.54, 1.807) is 4.90 Å². The Hall–Kier alpha value is -1.64. The van der Waals surface area contributed by atoms with Gasteiger partial charge >= 0.3 is 0 Å². The molecule has 1 fully saturated rings. The van der Waals surface area contributed by atoms with Crippen molar-refractivity contribution >= 4 is 15.9 Å². The van der Waals surface area contributed by atoms with Gasteiger partial charge in [-0.3, -0.25) is 4.79 Å². The van der Waals surface area contributed by atoms with Gasteiger partial charge in [0, 0.05) is 0 Å². The highest BCUT2D eigenvalue weighted by Crippen LogP contribution is 2.23. The number of carbonyl (C=O) groups is 1. The Balaban J connectivity index is 2.28. The third-order valence-electron chi connectivity index (χ3n) is 3.99. The molecule has 1 amide bonds. The van der Waals surface area contributed by atoms with Gasteiger partial charge in [-0.1, -0.05) is 0 Å². The molecule has 3 N–H and O–H groups in total. The summed E-state index contributed by atoms with van der Waals surface area (Å²) in [7, 11) is -2.41. The van der Waals surface area contributed by atoms with Gasteiger partial charge in [-0.2, -0.15) is 0 Å². The molecule has 0 unspecified atom stereocenters. The molecule has 1 saturated heterocycles. The number of ether oxygens (including phenoxy) is 1. The van der Waals surface area contributed by atoms with Crippen LogP contribution >= 0.6 is 0 Å². The smallest absolute Gasteiger partial charge is 0.258 e. The molecule has 1 aromatic carbocycles. The normalized spacial score (nSPS) is 16.6. The number of carbonyl (C=O) groups excluding carboxylic acids is 1. The van der Waals surface area contributed by atoms with E-state index in [-0.39, 0.29) is 16.4 Å². The number of nitrogens with zero attached hydrogens (tertiary/aromatic N) is 1. The fourth-order valence-electron chi connectivity index (χ4n) is 2.58. The third-order valence-corrected chi connectivity index (χ3v) is 4.90. The van der Waals surface area contributed by atoms with Crippen LogP contribution in [0.5, 0.6) is 5.75 Å². The quantitative estimate of drug-likeness (QED) is 0.719. The molecular formula is C14H22N3O4S+. The lowest BCUT2D eigenvalue weighted by Gasteiger charge is -2.32. The average Bonchev–Trinajstić information content (AvgIpc) is 2.52. The van der Waals surface area contributed by atoms with Crippen molar-refractivity contribution in [3.05, 3.63) is 23.8 Å². The molecule has 2 rings (SSSR count). The van der Waals surface area contributed by atoms with Crippen LogP contribution in [0.3, 0.4) is 0 Å². The first-order chi connectivity index (χ1) is 10.4. The lowest BCUT2D eigenvalue weighted by Crippen LogP contribution is -3.14. The Morgan fingerprint density at radius 3 is 2.50 bits per heavy atom. The van der Waals surface area contributed by atoms with E-state index in [0.717, 1.165) is 19.6 Å². The van der Waals surface area contributed by atoms with Crippen LogP contribution in [0.15, 0.2) is 23.1 Å². The molecule has 8 heteroatoms. The summed E-state index contributed by atoms with van der Waals surface area (Å²) in [6.45, 7) is 6.21. The minimum Gasteiger partial charge on any atom is -0.496 e. The Morgan fingerprint density at radius 2 is 2.00 bits per heavy atom. The number of nitrogens with one attached hydrogen (secondary N) is 1. The Kier molecular flexibility index (Phi) is 5.05. The standard InChI is InChI=1S/C14H21N3O4S/c1-3-16-6-8-17(9-7-16)14(18)12-10-11(22(15,19)20)4-5-13(12)21-2/h4-5,10H,3,6-9H2,1-2H3,(H2,15,19,20)/p+1. The lowest BCUT2D eigenvalue weighted by atomic mass is 10.1. The van der Waals surface area contributed by atoms with Crippen LogP contribution in [-0.2, 0) is 10.0 Å². The van der Waals surface area contributed by atoms with Gasteiger partial charge < -0.3 is 14.5 Å². The molecule has 0 saturated carbocycles. The highest BCUT2D eigenvalue weighted by Gasteiger charge is 2.26. The second-order valence-electron chi connectivity index (χ2n) is 5.30. The number of likely N-dealkylation sites (N-methyl/N-ethyl adjacent to an activating group) is 1. The molecule has 0 atom stereocenters. The summed E-state index contributed by atoms with van der Waals surface area (Å²) in [5.74, 6) is 0.125. The summed E-state index contributed by atoms with van der Waals surface area (Å²) in [6.07, 6.45) is 0. The number of hydrogen-bond donors (Lipinski definition) is 2. The summed E-state index contributed by atoms with van der Waals surface area (Å²) in [5.41, 5.74) is 0.231. The number of nitrogens with two attached hydrogens (primary N) is 1. The monoisotopic (exact) mass is 328 g/mol. The van der Waals surface area contributed by atoms with E-state index in [1.807, 2.05) is 0 Å². The van der Waals surface area contributed by atoms with Crippen molar-refractivity contribution in [3.63, 3.8) is 0 Å². The van der Waals surface area contributed by atoms with E-state index in [4.69, 9.17) is 9.88 Å². The molecule has 0 radical (unpaired) electrons. The first-order valence-corrected chi connectivity index (χ1v) is 8.75. The second-order valence-corrected chi connectivity index (χ2v) is 6.86. The first-order valence-electron chi connectivity index (χ1n) is 7.20. The van der Waals surface area contributed by atoms with Gasteiger partial charge in [-0.15, -0.1) is 0 Å². The van der Waals surface area contributed by atoms with Crippen LogP contribution in [0.4, 0.5) is 0 Å². The predicted octanol–water partition coefficient (Wildman–Crippen LogP) is -1.30. The molecule has 1 aliphatic heterocycles. The Labute approximate surface area is 130 Å². The summed E-state index contributed by atoms with van der Waals surface area (Å²) in [6, 6.07) is 4.08. The number of quaternary nitrogens is 1. The molecule has 22 heavy (non-hydrogen) atoms. The molecule has 1 aromatic rings. The van der Waals surface area contributed by atoms with E-state index in [9.17, 15) is 13.2 Å². The molecule has 0 aliphatic carbocycles.